The molecule has 1 N–H and O–H groups in total. The molecule has 1 aliphatic heterocycles. The quantitative estimate of drug-likeness (QED) is 0.841. The normalized spacial score (nSPS) is 17.2. The van der Waals surface area contributed by atoms with Crippen molar-refractivity contribution in [3.63, 3.8) is 0 Å². The molecule has 108 valence electrons. The molecule has 1 aliphatic rings. The van der Waals surface area contributed by atoms with Crippen molar-refractivity contribution in [1.29, 1.82) is 0 Å². The van der Waals surface area contributed by atoms with E-state index < -0.39 is 12.0 Å². The molecule has 0 spiro atoms. The number of anilines is 1. The summed E-state index contributed by atoms with van der Waals surface area (Å²) in [6, 6.07) is 7.51. The number of benzene rings is 1. The Balaban J connectivity index is 2.20. The van der Waals surface area contributed by atoms with Gasteiger partial charge in [0.25, 0.3) is 0 Å². The number of nitrogens with zero attached hydrogens (tertiary/aromatic N) is 4. The molecule has 1 aromatic heterocycles. The molecule has 0 saturated heterocycles. The molecule has 1 atom stereocenters. The van der Waals surface area contributed by atoms with E-state index in [1.807, 2.05) is 38.1 Å². The SMILES string of the molecule is COC(=O)C1=C(C)Nc2nnnn2C1c1cccc(C)c1. The Bertz CT molecular complexity index is 734. The van der Waals surface area contributed by atoms with E-state index in [2.05, 4.69) is 20.8 Å². The van der Waals surface area contributed by atoms with Crippen LogP contribution in [0.3, 0.4) is 0 Å². The maximum absolute atomic E-state index is 12.2. The topological polar surface area (TPSA) is 81.9 Å². The van der Waals surface area contributed by atoms with Gasteiger partial charge in [0.15, 0.2) is 0 Å². The van der Waals surface area contributed by atoms with E-state index in [1.165, 1.54) is 7.11 Å². The number of methoxy groups -OCH3 is 1. The number of fused-ring (bicyclic) bond motifs is 1. The first-order valence-electron chi connectivity index (χ1n) is 6.52. The minimum absolute atomic E-state index is 0.396. The highest BCUT2D eigenvalue weighted by Crippen LogP contribution is 2.34. The summed E-state index contributed by atoms with van der Waals surface area (Å²) in [6.45, 7) is 3.81. The first kappa shape index (κ1) is 13.3. The number of carbonyl (C=O) groups excluding carboxylic acids is 1. The zero-order chi connectivity index (χ0) is 15.0. The first-order chi connectivity index (χ1) is 10.1. The lowest BCUT2D eigenvalue weighted by molar-refractivity contribution is -0.136. The number of aromatic nitrogens is 4. The van der Waals surface area contributed by atoms with Crippen molar-refractivity contribution < 1.29 is 9.53 Å². The van der Waals surface area contributed by atoms with Crippen LogP contribution in [-0.2, 0) is 9.53 Å². The van der Waals surface area contributed by atoms with Crippen LogP contribution in [0.15, 0.2) is 35.5 Å². The number of tetrazole rings is 1. The van der Waals surface area contributed by atoms with Gasteiger partial charge in [0.2, 0.25) is 5.95 Å². The van der Waals surface area contributed by atoms with Crippen LogP contribution < -0.4 is 5.32 Å². The number of aryl methyl sites for hydroxylation is 1. The molecule has 2 aromatic rings. The average Bonchev–Trinajstić information content (AvgIpc) is 2.92. The summed E-state index contributed by atoms with van der Waals surface area (Å²) < 4.78 is 6.51. The van der Waals surface area contributed by atoms with Gasteiger partial charge in [0.1, 0.15) is 6.04 Å². The smallest absolute Gasteiger partial charge is 0.338 e. The van der Waals surface area contributed by atoms with Crippen molar-refractivity contribution in [1.82, 2.24) is 20.2 Å². The largest absolute Gasteiger partial charge is 0.466 e. The molecule has 3 rings (SSSR count). The average molecular weight is 285 g/mol. The molecule has 0 bridgehead atoms. The van der Waals surface area contributed by atoms with Crippen molar-refractivity contribution >= 4 is 11.9 Å². The number of rotatable bonds is 2. The molecule has 0 radical (unpaired) electrons. The lowest BCUT2D eigenvalue weighted by Gasteiger charge is -2.27. The van der Waals surface area contributed by atoms with E-state index in [0.717, 1.165) is 11.1 Å². The van der Waals surface area contributed by atoms with Gasteiger partial charge in [0, 0.05) is 5.70 Å². The minimum Gasteiger partial charge on any atom is -0.466 e. The van der Waals surface area contributed by atoms with Gasteiger partial charge in [-0.3, -0.25) is 0 Å². The zero-order valence-electron chi connectivity index (χ0n) is 12.0. The van der Waals surface area contributed by atoms with Gasteiger partial charge in [-0.25, -0.2) is 4.79 Å². The second-order valence-corrected chi connectivity index (χ2v) is 4.92. The van der Waals surface area contributed by atoms with Crippen molar-refractivity contribution in [2.75, 3.05) is 12.4 Å². The molecule has 1 aromatic carbocycles. The van der Waals surface area contributed by atoms with E-state index in [4.69, 9.17) is 4.74 Å². The summed E-state index contributed by atoms with van der Waals surface area (Å²) in [6.07, 6.45) is 0. The molecule has 7 heteroatoms. The van der Waals surface area contributed by atoms with Gasteiger partial charge < -0.3 is 10.1 Å². The monoisotopic (exact) mass is 285 g/mol. The molecule has 21 heavy (non-hydrogen) atoms. The minimum atomic E-state index is -0.399. The van der Waals surface area contributed by atoms with Crippen LogP contribution in [-0.4, -0.2) is 33.3 Å². The Kier molecular flexibility index (Phi) is 3.17. The predicted molar refractivity (Wildman–Crippen MR) is 75.5 cm³/mol. The van der Waals surface area contributed by atoms with Crippen molar-refractivity contribution in [2.24, 2.45) is 0 Å². The summed E-state index contributed by atoms with van der Waals surface area (Å²) in [5, 5.41) is 14.6. The van der Waals surface area contributed by atoms with Gasteiger partial charge in [-0.2, -0.15) is 4.68 Å². The van der Waals surface area contributed by atoms with Crippen LogP contribution in [0, 0.1) is 6.92 Å². The molecule has 0 saturated carbocycles. The summed E-state index contributed by atoms with van der Waals surface area (Å²) in [5.41, 5.74) is 3.23. The number of hydrogen-bond donors (Lipinski definition) is 1. The highest BCUT2D eigenvalue weighted by atomic mass is 16.5. The number of ether oxygens (including phenoxy) is 1. The third-order valence-electron chi connectivity index (χ3n) is 3.48. The summed E-state index contributed by atoms with van der Waals surface area (Å²) in [5.74, 6) is 0.110. The fraction of sp³-hybridized carbons (Fsp3) is 0.286. The fourth-order valence-electron chi connectivity index (χ4n) is 2.53. The Labute approximate surface area is 121 Å². The van der Waals surface area contributed by atoms with E-state index >= 15 is 0 Å². The lowest BCUT2D eigenvalue weighted by Crippen LogP contribution is -2.29. The highest BCUT2D eigenvalue weighted by Gasteiger charge is 2.34. The van der Waals surface area contributed by atoms with E-state index in [-0.39, 0.29) is 0 Å². The van der Waals surface area contributed by atoms with Gasteiger partial charge >= 0.3 is 5.97 Å². The van der Waals surface area contributed by atoms with Crippen molar-refractivity contribution in [3.8, 4) is 0 Å². The Morgan fingerprint density at radius 1 is 1.38 bits per heavy atom. The Hall–Kier alpha value is -2.70. The van der Waals surface area contributed by atoms with Gasteiger partial charge in [-0.1, -0.05) is 34.9 Å². The molecule has 0 amide bonds. The molecular weight excluding hydrogens is 270 g/mol. The zero-order valence-corrected chi connectivity index (χ0v) is 12.0. The van der Waals surface area contributed by atoms with E-state index in [1.54, 1.807) is 4.68 Å². The summed E-state index contributed by atoms with van der Waals surface area (Å²) in [7, 11) is 1.37. The van der Waals surface area contributed by atoms with Crippen LogP contribution in [0.5, 0.6) is 0 Å². The number of nitrogens with one attached hydrogen (secondary N) is 1. The molecule has 1 unspecified atom stereocenters. The van der Waals surface area contributed by atoms with Crippen LogP contribution in [0.25, 0.3) is 0 Å². The molecular formula is C14H15N5O2. The fourth-order valence-corrected chi connectivity index (χ4v) is 2.53. The number of esters is 1. The second-order valence-electron chi connectivity index (χ2n) is 4.92. The molecule has 7 nitrogen and oxygen atoms in total. The van der Waals surface area contributed by atoms with Crippen molar-refractivity contribution in [2.45, 2.75) is 19.9 Å². The second kappa shape index (κ2) is 5.01. The molecule has 2 heterocycles. The number of carbonyl (C=O) groups is 1. The van der Waals surface area contributed by atoms with Crippen LogP contribution >= 0.6 is 0 Å². The van der Waals surface area contributed by atoms with Crippen LogP contribution in [0.1, 0.15) is 24.1 Å². The van der Waals surface area contributed by atoms with Crippen molar-refractivity contribution in [3.05, 3.63) is 46.7 Å². The predicted octanol–water partition coefficient (Wildman–Crippen LogP) is 1.44. The van der Waals surface area contributed by atoms with E-state index in [0.29, 0.717) is 17.2 Å². The van der Waals surface area contributed by atoms with Gasteiger partial charge in [0.05, 0.1) is 12.7 Å². The lowest BCUT2D eigenvalue weighted by atomic mass is 9.95. The summed E-state index contributed by atoms with van der Waals surface area (Å²) >= 11 is 0. The maximum Gasteiger partial charge on any atom is 0.338 e. The van der Waals surface area contributed by atoms with Crippen LogP contribution in [0.2, 0.25) is 0 Å². The Morgan fingerprint density at radius 3 is 2.90 bits per heavy atom. The number of hydrogen-bond acceptors (Lipinski definition) is 6. The van der Waals surface area contributed by atoms with Crippen LogP contribution in [0.4, 0.5) is 5.95 Å². The highest BCUT2D eigenvalue weighted by molar-refractivity contribution is 5.92. The Morgan fingerprint density at radius 2 is 2.19 bits per heavy atom. The number of allylic oxidation sites excluding steroid dienone is 1. The summed E-state index contributed by atoms with van der Waals surface area (Å²) in [4.78, 5) is 12.2. The van der Waals surface area contributed by atoms with Gasteiger partial charge in [-0.05, 0) is 29.8 Å². The van der Waals surface area contributed by atoms with Gasteiger partial charge in [-0.15, -0.1) is 0 Å². The maximum atomic E-state index is 12.2. The third-order valence-corrected chi connectivity index (χ3v) is 3.48. The molecule has 0 aliphatic carbocycles. The first-order valence-corrected chi connectivity index (χ1v) is 6.52. The third kappa shape index (κ3) is 2.16. The molecule has 0 fully saturated rings. The van der Waals surface area contributed by atoms with E-state index in [9.17, 15) is 4.79 Å². The standard InChI is InChI=1S/C14H15N5O2/c1-8-5-4-6-10(7-8)12-11(13(20)21-3)9(2)15-14-16-17-18-19(12)14/h4-7,12H,1-3H3,(H,15,16,18).